The van der Waals surface area contributed by atoms with Gasteiger partial charge in [-0.2, -0.15) is 5.10 Å². The van der Waals surface area contributed by atoms with Crippen LogP contribution in [0.15, 0.2) is 84.0 Å². The van der Waals surface area contributed by atoms with Crippen LogP contribution in [0, 0.1) is 0 Å². The summed E-state index contributed by atoms with van der Waals surface area (Å²) in [6.07, 6.45) is 2.37. The minimum atomic E-state index is -0.302. The standard InChI is InChI=1S/C26H25N3O3S/c1-32-23-10-6-5-9-22(23)17-27-28-25(31)20-11-13-21(14-12-20)26-29(24(30)18-33-26)16-15-19-7-3-2-4-8-19/h2-14,17,26H,15-16,18H2,1H3,(H,28,31)/b27-17-/t26-/m1/s1. The number of amides is 2. The second-order valence-electron chi connectivity index (χ2n) is 7.55. The Balaban J connectivity index is 1.38. The van der Waals surface area contributed by atoms with Gasteiger partial charge in [0.1, 0.15) is 11.1 Å². The van der Waals surface area contributed by atoms with Crippen LogP contribution in [-0.4, -0.2) is 42.3 Å². The van der Waals surface area contributed by atoms with Crippen LogP contribution in [0.5, 0.6) is 5.75 Å². The second-order valence-corrected chi connectivity index (χ2v) is 8.62. The first-order valence-corrected chi connectivity index (χ1v) is 11.7. The van der Waals surface area contributed by atoms with Gasteiger partial charge in [0.05, 0.1) is 19.1 Å². The summed E-state index contributed by atoms with van der Waals surface area (Å²) in [7, 11) is 1.59. The number of benzene rings is 3. The maximum atomic E-state index is 12.5. The lowest BCUT2D eigenvalue weighted by Crippen LogP contribution is -2.30. The van der Waals surface area contributed by atoms with E-state index in [9.17, 15) is 9.59 Å². The van der Waals surface area contributed by atoms with Crippen LogP contribution >= 0.6 is 11.8 Å². The molecule has 1 aliphatic heterocycles. The first-order valence-electron chi connectivity index (χ1n) is 10.7. The highest BCUT2D eigenvalue weighted by Crippen LogP contribution is 2.38. The van der Waals surface area contributed by atoms with E-state index in [1.54, 1.807) is 37.2 Å². The second kappa shape index (κ2) is 10.8. The molecule has 0 bridgehead atoms. The molecule has 0 aliphatic carbocycles. The summed E-state index contributed by atoms with van der Waals surface area (Å²) in [4.78, 5) is 26.8. The van der Waals surface area contributed by atoms with Gasteiger partial charge in [-0.15, -0.1) is 11.8 Å². The van der Waals surface area contributed by atoms with Crippen LogP contribution in [0.2, 0.25) is 0 Å². The maximum absolute atomic E-state index is 12.5. The fourth-order valence-electron chi connectivity index (χ4n) is 3.66. The Bertz CT molecular complexity index is 1130. The van der Waals surface area contributed by atoms with E-state index < -0.39 is 0 Å². The zero-order valence-electron chi connectivity index (χ0n) is 18.3. The van der Waals surface area contributed by atoms with Crippen LogP contribution in [0.25, 0.3) is 0 Å². The number of nitrogens with zero attached hydrogens (tertiary/aromatic N) is 2. The number of carbonyl (C=O) groups excluding carboxylic acids is 2. The third-order valence-corrected chi connectivity index (χ3v) is 6.67. The Labute approximate surface area is 197 Å². The van der Waals surface area contributed by atoms with Crippen molar-refractivity contribution in [3.05, 3.63) is 101 Å². The van der Waals surface area contributed by atoms with E-state index in [0.29, 0.717) is 23.6 Å². The van der Waals surface area contributed by atoms with Gasteiger partial charge in [-0.3, -0.25) is 9.59 Å². The van der Waals surface area contributed by atoms with Gasteiger partial charge in [-0.25, -0.2) is 5.43 Å². The molecule has 3 aromatic rings. The van der Waals surface area contributed by atoms with Crippen LogP contribution < -0.4 is 10.2 Å². The molecule has 3 aromatic carbocycles. The normalized spacial score (nSPS) is 15.7. The minimum Gasteiger partial charge on any atom is -0.496 e. The molecular formula is C26H25N3O3S. The number of hydrogen-bond donors (Lipinski definition) is 1. The van der Waals surface area contributed by atoms with Crippen molar-refractivity contribution in [1.82, 2.24) is 10.3 Å². The molecule has 33 heavy (non-hydrogen) atoms. The Morgan fingerprint density at radius 2 is 1.82 bits per heavy atom. The molecule has 7 heteroatoms. The van der Waals surface area contributed by atoms with Crippen LogP contribution in [0.4, 0.5) is 0 Å². The predicted octanol–water partition coefficient (Wildman–Crippen LogP) is 4.28. The Kier molecular flexibility index (Phi) is 7.42. The molecule has 1 atom stereocenters. The quantitative estimate of drug-likeness (QED) is 0.403. The van der Waals surface area contributed by atoms with Crippen molar-refractivity contribution in [1.29, 1.82) is 0 Å². The SMILES string of the molecule is COc1ccccc1/C=N\NC(=O)c1ccc([C@H]2SCC(=O)N2CCc2ccccc2)cc1. The molecule has 0 saturated carbocycles. The maximum Gasteiger partial charge on any atom is 0.271 e. The summed E-state index contributed by atoms with van der Waals surface area (Å²) in [6.45, 7) is 0.667. The van der Waals surface area contributed by atoms with Crippen molar-refractivity contribution in [2.45, 2.75) is 11.8 Å². The third-order valence-electron chi connectivity index (χ3n) is 5.42. The largest absolute Gasteiger partial charge is 0.496 e. The fourth-order valence-corrected chi connectivity index (χ4v) is 4.88. The first kappa shape index (κ1) is 22.6. The molecule has 168 valence electrons. The van der Waals surface area contributed by atoms with Crippen LogP contribution in [0.1, 0.15) is 32.4 Å². The summed E-state index contributed by atoms with van der Waals surface area (Å²) in [5.41, 5.74) is 6.04. The highest BCUT2D eigenvalue weighted by Gasteiger charge is 2.32. The predicted molar refractivity (Wildman–Crippen MR) is 132 cm³/mol. The van der Waals surface area contributed by atoms with Gasteiger partial charge in [0, 0.05) is 17.7 Å². The van der Waals surface area contributed by atoms with E-state index in [4.69, 9.17) is 4.74 Å². The van der Waals surface area contributed by atoms with Gasteiger partial charge in [0.2, 0.25) is 5.91 Å². The molecule has 0 spiro atoms. The van der Waals surface area contributed by atoms with Gasteiger partial charge in [-0.1, -0.05) is 54.6 Å². The number of hydrazone groups is 1. The molecule has 1 N–H and O–H groups in total. The van der Waals surface area contributed by atoms with E-state index >= 15 is 0 Å². The average molecular weight is 460 g/mol. The lowest BCUT2D eigenvalue weighted by Gasteiger charge is -2.24. The lowest BCUT2D eigenvalue weighted by molar-refractivity contribution is -0.128. The summed E-state index contributed by atoms with van der Waals surface area (Å²) < 4.78 is 5.27. The molecule has 2 amide bonds. The summed E-state index contributed by atoms with van der Waals surface area (Å²) >= 11 is 1.62. The highest BCUT2D eigenvalue weighted by molar-refractivity contribution is 8.00. The number of nitrogens with one attached hydrogen (secondary N) is 1. The zero-order valence-corrected chi connectivity index (χ0v) is 19.1. The number of hydrogen-bond acceptors (Lipinski definition) is 5. The molecule has 1 heterocycles. The van der Waals surface area contributed by atoms with Gasteiger partial charge in [-0.05, 0) is 41.8 Å². The van der Waals surface area contributed by atoms with Crippen LogP contribution in [0.3, 0.4) is 0 Å². The van der Waals surface area contributed by atoms with Crippen LogP contribution in [-0.2, 0) is 11.2 Å². The minimum absolute atomic E-state index is 0.0399. The number of thioether (sulfide) groups is 1. The summed E-state index contributed by atoms with van der Waals surface area (Å²) in [5, 5.41) is 4.00. The summed E-state index contributed by atoms with van der Waals surface area (Å²) in [6, 6.07) is 24.9. The van der Waals surface area contributed by atoms with E-state index in [1.807, 2.05) is 59.5 Å². The topological polar surface area (TPSA) is 71.0 Å². The van der Waals surface area contributed by atoms with Crippen molar-refractivity contribution < 1.29 is 14.3 Å². The Morgan fingerprint density at radius 1 is 1.09 bits per heavy atom. The molecule has 1 fully saturated rings. The van der Waals surface area contributed by atoms with E-state index in [0.717, 1.165) is 17.5 Å². The number of rotatable bonds is 8. The molecular weight excluding hydrogens is 434 g/mol. The van der Waals surface area contributed by atoms with Gasteiger partial charge in [0.15, 0.2) is 0 Å². The smallest absolute Gasteiger partial charge is 0.271 e. The fraction of sp³-hybridized carbons (Fsp3) is 0.192. The Hall–Kier alpha value is -3.58. The molecule has 4 rings (SSSR count). The Morgan fingerprint density at radius 3 is 2.58 bits per heavy atom. The van der Waals surface area contributed by atoms with Crippen molar-refractivity contribution in [2.24, 2.45) is 5.10 Å². The molecule has 6 nitrogen and oxygen atoms in total. The van der Waals surface area contributed by atoms with Gasteiger partial charge >= 0.3 is 0 Å². The van der Waals surface area contributed by atoms with E-state index in [1.165, 1.54) is 5.56 Å². The number of methoxy groups -OCH3 is 1. The summed E-state index contributed by atoms with van der Waals surface area (Å²) in [5.74, 6) is 0.997. The zero-order chi connectivity index (χ0) is 23.0. The molecule has 0 radical (unpaired) electrons. The lowest BCUT2D eigenvalue weighted by atomic mass is 10.1. The number of para-hydroxylation sites is 1. The molecule has 1 aliphatic rings. The number of carbonyl (C=O) groups is 2. The van der Waals surface area contributed by atoms with Crippen molar-refractivity contribution >= 4 is 29.8 Å². The molecule has 0 unspecified atom stereocenters. The van der Waals surface area contributed by atoms with Crippen molar-refractivity contribution in [2.75, 3.05) is 19.4 Å². The molecule has 1 saturated heterocycles. The van der Waals surface area contributed by atoms with Crippen molar-refractivity contribution in [3.63, 3.8) is 0 Å². The highest BCUT2D eigenvalue weighted by atomic mass is 32.2. The average Bonchev–Trinajstić information content (AvgIpc) is 3.23. The van der Waals surface area contributed by atoms with Crippen molar-refractivity contribution in [3.8, 4) is 5.75 Å². The van der Waals surface area contributed by atoms with Gasteiger partial charge in [0.25, 0.3) is 5.91 Å². The monoisotopic (exact) mass is 459 g/mol. The van der Waals surface area contributed by atoms with Gasteiger partial charge < -0.3 is 9.64 Å². The van der Waals surface area contributed by atoms with E-state index in [2.05, 4.69) is 22.7 Å². The first-order chi connectivity index (χ1) is 16.2. The third kappa shape index (κ3) is 5.62. The molecule has 0 aromatic heterocycles. The van der Waals surface area contributed by atoms with E-state index in [-0.39, 0.29) is 17.2 Å². The number of ether oxygens (including phenoxy) is 1.